The summed E-state index contributed by atoms with van der Waals surface area (Å²) >= 11 is 0. The molecule has 0 saturated carbocycles. The highest BCUT2D eigenvalue weighted by molar-refractivity contribution is 5.93. The average Bonchev–Trinajstić information content (AvgIpc) is 2.66. The highest BCUT2D eigenvalue weighted by Gasteiger charge is 2.15. The SMILES string of the molecule is CCOc1ccc(CC(=O)Nc2ccc(N3CCN(C)CC3)cc2C)cc1. The predicted molar refractivity (Wildman–Crippen MR) is 111 cm³/mol. The van der Waals surface area contributed by atoms with Crippen LogP contribution in [0.1, 0.15) is 18.1 Å². The van der Waals surface area contributed by atoms with Crippen molar-refractivity contribution in [1.29, 1.82) is 0 Å². The van der Waals surface area contributed by atoms with Crippen LogP contribution in [-0.2, 0) is 11.2 Å². The van der Waals surface area contributed by atoms with Crippen molar-refractivity contribution in [2.45, 2.75) is 20.3 Å². The molecule has 1 heterocycles. The Kier molecular flexibility index (Phi) is 6.35. The molecule has 0 bridgehead atoms. The van der Waals surface area contributed by atoms with Crippen LogP contribution in [0.4, 0.5) is 11.4 Å². The Morgan fingerprint density at radius 1 is 1.07 bits per heavy atom. The van der Waals surface area contributed by atoms with Gasteiger partial charge in [0.15, 0.2) is 0 Å². The zero-order valence-corrected chi connectivity index (χ0v) is 16.5. The minimum absolute atomic E-state index is 0.00499. The second-order valence-corrected chi connectivity index (χ2v) is 7.09. The first-order valence-electron chi connectivity index (χ1n) is 9.61. The van der Waals surface area contributed by atoms with Crippen LogP contribution in [0, 0.1) is 6.92 Å². The van der Waals surface area contributed by atoms with E-state index in [2.05, 4.69) is 34.3 Å². The van der Waals surface area contributed by atoms with E-state index in [9.17, 15) is 4.79 Å². The van der Waals surface area contributed by atoms with Crippen molar-refractivity contribution >= 4 is 17.3 Å². The van der Waals surface area contributed by atoms with E-state index in [0.717, 1.165) is 48.7 Å². The van der Waals surface area contributed by atoms with Crippen LogP contribution >= 0.6 is 0 Å². The Labute approximate surface area is 161 Å². The van der Waals surface area contributed by atoms with Gasteiger partial charge in [0.05, 0.1) is 13.0 Å². The van der Waals surface area contributed by atoms with Crippen LogP contribution in [0.15, 0.2) is 42.5 Å². The second-order valence-electron chi connectivity index (χ2n) is 7.09. The van der Waals surface area contributed by atoms with Crippen LogP contribution in [0.5, 0.6) is 5.75 Å². The number of benzene rings is 2. The van der Waals surface area contributed by atoms with Crippen LogP contribution in [0.3, 0.4) is 0 Å². The van der Waals surface area contributed by atoms with Gasteiger partial charge < -0.3 is 19.9 Å². The summed E-state index contributed by atoms with van der Waals surface area (Å²) in [5, 5.41) is 3.04. The van der Waals surface area contributed by atoms with Crippen molar-refractivity contribution in [2.75, 3.05) is 50.1 Å². The molecule has 0 atom stereocenters. The van der Waals surface area contributed by atoms with Gasteiger partial charge in [-0.15, -0.1) is 0 Å². The number of rotatable bonds is 6. The number of piperazine rings is 1. The molecule has 1 amide bonds. The zero-order chi connectivity index (χ0) is 19.2. The van der Waals surface area contributed by atoms with Crippen molar-refractivity contribution in [2.24, 2.45) is 0 Å². The average molecular weight is 367 g/mol. The van der Waals surface area contributed by atoms with Gasteiger partial charge in [0.1, 0.15) is 5.75 Å². The number of likely N-dealkylation sites (N-methyl/N-ethyl adjacent to an activating group) is 1. The number of amides is 1. The molecule has 1 saturated heterocycles. The lowest BCUT2D eigenvalue weighted by Gasteiger charge is -2.34. The zero-order valence-electron chi connectivity index (χ0n) is 16.5. The van der Waals surface area contributed by atoms with E-state index in [1.54, 1.807) is 0 Å². The fourth-order valence-corrected chi connectivity index (χ4v) is 3.30. The Bertz CT molecular complexity index is 766. The quantitative estimate of drug-likeness (QED) is 0.851. The molecular formula is C22H29N3O2. The molecule has 0 radical (unpaired) electrons. The molecule has 5 heteroatoms. The fraction of sp³-hybridized carbons (Fsp3) is 0.409. The largest absolute Gasteiger partial charge is 0.494 e. The maximum atomic E-state index is 12.4. The van der Waals surface area contributed by atoms with Gasteiger partial charge in [0.25, 0.3) is 0 Å². The summed E-state index contributed by atoms with van der Waals surface area (Å²) in [7, 11) is 2.16. The number of ether oxygens (including phenoxy) is 1. The normalized spacial score (nSPS) is 14.9. The maximum Gasteiger partial charge on any atom is 0.228 e. The molecule has 0 aromatic heterocycles. The van der Waals surface area contributed by atoms with Gasteiger partial charge in [-0.2, -0.15) is 0 Å². The molecular weight excluding hydrogens is 338 g/mol. The lowest BCUT2D eigenvalue weighted by atomic mass is 10.1. The van der Waals surface area contributed by atoms with Gasteiger partial charge in [-0.3, -0.25) is 4.79 Å². The van der Waals surface area contributed by atoms with Crippen LogP contribution in [-0.4, -0.2) is 50.6 Å². The number of nitrogens with zero attached hydrogens (tertiary/aromatic N) is 2. The first-order chi connectivity index (χ1) is 13.0. The maximum absolute atomic E-state index is 12.4. The van der Waals surface area contributed by atoms with E-state index < -0.39 is 0 Å². The highest BCUT2D eigenvalue weighted by Crippen LogP contribution is 2.24. The van der Waals surface area contributed by atoms with Crippen LogP contribution < -0.4 is 15.0 Å². The lowest BCUT2D eigenvalue weighted by Crippen LogP contribution is -2.44. The number of nitrogens with one attached hydrogen (secondary N) is 1. The van der Waals surface area contributed by atoms with Crippen molar-refractivity contribution in [3.63, 3.8) is 0 Å². The third kappa shape index (κ3) is 5.23. The number of carbonyl (C=O) groups is 1. The summed E-state index contributed by atoms with van der Waals surface area (Å²) in [6, 6.07) is 14.0. The van der Waals surface area contributed by atoms with Gasteiger partial charge >= 0.3 is 0 Å². The Balaban J connectivity index is 1.59. The number of carbonyl (C=O) groups excluding carboxylic acids is 1. The van der Waals surface area contributed by atoms with Gasteiger partial charge in [0, 0.05) is 37.6 Å². The summed E-state index contributed by atoms with van der Waals surface area (Å²) in [5.41, 5.74) is 4.17. The third-order valence-electron chi connectivity index (χ3n) is 4.95. The topological polar surface area (TPSA) is 44.8 Å². The van der Waals surface area contributed by atoms with E-state index in [1.807, 2.05) is 44.2 Å². The van der Waals surface area contributed by atoms with E-state index >= 15 is 0 Å². The molecule has 5 nitrogen and oxygen atoms in total. The smallest absolute Gasteiger partial charge is 0.228 e. The summed E-state index contributed by atoms with van der Waals surface area (Å²) < 4.78 is 5.44. The van der Waals surface area contributed by atoms with Crippen molar-refractivity contribution in [1.82, 2.24) is 4.90 Å². The minimum atomic E-state index is -0.00499. The first-order valence-corrected chi connectivity index (χ1v) is 9.61. The molecule has 1 aliphatic heterocycles. The molecule has 0 unspecified atom stereocenters. The Morgan fingerprint density at radius 2 is 1.78 bits per heavy atom. The molecule has 1 aliphatic rings. The molecule has 1 N–H and O–H groups in total. The molecule has 0 spiro atoms. The predicted octanol–water partition coefficient (Wildman–Crippen LogP) is 3.33. The molecule has 3 rings (SSSR count). The molecule has 27 heavy (non-hydrogen) atoms. The summed E-state index contributed by atoms with van der Waals surface area (Å²) in [6.07, 6.45) is 0.353. The monoisotopic (exact) mass is 367 g/mol. The van der Waals surface area contributed by atoms with Crippen molar-refractivity contribution in [3.8, 4) is 5.75 Å². The highest BCUT2D eigenvalue weighted by atomic mass is 16.5. The number of hydrogen-bond donors (Lipinski definition) is 1. The summed E-state index contributed by atoms with van der Waals surface area (Å²) in [4.78, 5) is 17.2. The van der Waals surface area contributed by atoms with Crippen molar-refractivity contribution in [3.05, 3.63) is 53.6 Å². The second kappa shape index (κ2) is 8.91. The fourth-order valence-electron chi connectivity index (χ4n) is 3.30. The standard InChI is InChI=1S/C22H29N3O2/c1-4-27-20-8-5-18(6-9-20)16-22(26)23-21-10-7-19(15-17(21)2)25-13-11-24(3)12-14-25/h5-10,15H,4,11-14,16H2,1-3H3,(H,23,26). The summed E-state index contributed by atoms with van der Waals surface area (Å²) in [5.74, 6) is 0.826. The molecule has 2 aromatic rings. The first kappa shape index (κ1) is 19.2. The van der Waals surface area contributed by atoms with Gasteiger partial charge in [-0.1, -0.05) is 12.1 Å². The van der Waals surface area contributed by atoms with Gasteiger partial charge in [-0.05, 0) is 62.4 Å². The van der Waals surface area contributed by atoms with Gasteiger partial charge in [-0.25, -0.2) is 0 Å². The van der Waals surface area contributed by atoms with E-state index in [-0.39, 0.29) is 5.91 Å². The van der Waals surface area contributed by atoms with Crippen LogP contribution in [0.2, 0.25) is 0 Å². The Morgan fingerprint density at radius 3 is 2.41 bits per heavy atom. The van der Waals surface area contributed by atoms with Crippen molar-refractivity contribution < 1.29 is 9.53 Å². The van der Waals surface area contributed by atoms with Gasteiger partial charge in [0.2, 0.25) is 5.91 Å². The third-order valence-corrected chi connectivity index (χ3v) is 4.95. The minimum Gasteiger partial charge on any atom is -0.494 e. The van der Waals surface area contributed by atoms with E-state index in [4.69, 9.17) is 4.74 Å². The Hall–Kier alpha value is -2.53. The van der Waals surface area contributed by atoms with Crippen LogP contribution in [0.25, 0.3) is 0 Å². The molecule has 2 aromatic carbocycles. The number of aryl methyl sites for hydroxylation is 1. The number of hydrogen-bond acceptors (Lipinski definition) is 4. The molecule has 0 aliphatic carbocycles. The molecule has 144 valence electrons. The number of anilines is 2. The summed E-state index contributed by atoms with van der Waals surface area (Å²) in [6.45, 7) is 8.89. The van der Waals surface area contributed by atoms with E-state index in [1.165, 1.54) is 5.69 Å². The lowest BCUT2D eigenvalue weighted by molar-refractivity contribution is -0.115. The van der Waals surface area contributed by atoms with E-state index in [0.29, 0.717) is 13.0 Å². The molecule has 1 fully saturated rings.